The number of hydrogen-bond donors (Lipinski definition) is 0. The Morgan fingerprint density at radius 2 is 1.56 bits per heavy atom. The number of rotatable bonds is 1. The summed E-state index contributed by atoms with van der Waals surface area (Å²) in [7, 11) is 1.81. The van der Waals surface area contributed by atoms with Gasteiger partial charge in [0.25, 0.3) is 0 Å². The van der Waals surface area contributed by atoms with Crippen molar-refractivity contribution in [2.24, 2.45) is 0 Å². The fourth-order valence-corrected chi connectivity index (χ4v) is 2.42. The highest BCUT2D eigenvalue weighted by atomic mass is 35.5. The van der Waals surface area contributed by atoms with Crippen LogP contribution in [0.5, 0.6) is 0 Å². The molecule has 1 heterocycles. The Bertz CT molecular complexity index is 483. The number of anilines is 1. The molecule has 0 saturated carbocycles. The van der Waals surface area contributed by atoms with Crippen LogP contribution in [-0.4, -0.2) is 27.0 Å². The van der Waals surface area contributed by atoms with Crippen LogP contribution >= 0.6 is 48.3 Å². The van der Waals surface area contributed by atoms with Crippen molar-refractivity contribution in [2.75, 3.05) is 11.9 Å². The lowest BCUT2D eigenvalue weighted by molar-refractivity contribution is 0.800. The Morgan fingerprint density at radius 3 is 2.00 bits per heavy atom. The molecule has 0 bridgehead atoms. The molecule has 1 aromatic carbocycles. The van der Waals surface area contributed by atoms with E-state index in [4.69, 9.17) is 48.3 Å². The first-order chi connectivity index (χ1) is 7.52. The molecular formula is C10H7ClN2S3. The van der Waals surface area contributed by atoms with Gasteiger partial charge >= 0.3 is 0 Å². The number of thiocarbonyl (C=S) groups is 3. The Balaban J connectivity index is 2.42. The maximum atomic E-state index is 5.83. The molecular weight excluding hydrogens is 280 g/mol. The van der Waals surface area contributed by atoms with E-state index in [0.717, 1.165) is 5.69 Å². The molecule has 6 heteroatoms. The SMILES string of the molecule is CN1C(=S)C(=S)N(c2ccc(Cl)cc2)C1=S. The van der Waals surface area contributed by atoms with Crippen molar-refractivity contribution in [3.8, 4) is 0 Å². The van der Waals surface area contributed by atoms with Crippen LogP contribution in [0.1, 0.15) is 0 Å². The molecule has 0 unspecified atom stereocenters. The Hall–Kier alpha value is -0.620. The zero-order valence-electron chi connectivity index (χ0n) is 8.31. The standard InChI is InChI=1S/C10H7ClN2S3/c1-12-8(14)9(15)13(10(12)16)7-4-2-6(11)3-5-7/h2-5H,1H3. The highest BCUT2D eigenvalue weighted by molar-refractivity contribution is 7.90. The van der Waals surface area contributed by atoms with Crippen LogP contribution in [0.4, 0.5) is 5.69 Å². The molecule has 2 rings (SSSR count). The zero-order chi connectivity index (χ0) is 11.9. The van der Waals surface area contributed by atoms with Gasteiger partial charge in [-0.2, -0.15) is 0 Å². The third-order valence-electron chi connectivity index (χ3n) is 2.25. The lowest BCUT2D eigenvalue weighted by atomic mass is 10.3. The number of hydrogen-bond acceptors (Lipinski definition) is 3. The van der Waals surface area contributed by atoms with Gasteiger partial charge in [-0.25, -0.2) is 0 Å². The van der Waals surface area contributed by atoms with Crippen molar-refractivity contribution >= 4 is 69.0 Å². The summed E-state index contributed by atoms with van der Waals surface area (Å²) in [5.74, 6) is 0. The molecule has 1 aliphatic heterocycles. The molecule has 1 aromatic rings. The average Bonchev–Trinajstić information content (AvgIpc) is 2.46. The van der Waals surface area contributed by atoms with E-state index in [0.29, 0.717) is 20.1 Å². The summed E-state index contributed by atoms with van der Waals surface area (Å²) >= 11 is 21.5. The first-order valence-corrected chi connectivity index (χ1v) is 6.04. The molecule has 0 aliphatic carbocycles. The van der Waals surface area contributed by atoms with E-state index in [2.05, 4.69) is 0 Å². The maximum absolute atomic E-state index is 5.83. The minimum atomic E-state index is 0.560. The van der Waals surface area contributed by atoms with Crippen LogP contribution in [-0.2, 0) is 0 Å². The summed E-state index contributed by atoms with van der Waals surface area (Å²) in [6, 6.07) is 7.32. The number of benzene rings is 1. The van der Waals surface area contributed by atoms with E-state index in [1.54, 1.807) is 21.9 Å². The summed E-state index contributed by atoms with van der Waals surface area (Å²) in [4.78, 5) is 4.63. The summed E-state index contributed by atoms with van der Waals surface area (Å²) in [6.45, 7) is 0. The fraction of sp³-hybridized carbons (Fsp3) is 0.100. The first-order valence-electron chi connectivity index (χ1n) is 4.44. The van der Waals surface area contributed by atoms with Crippen LogP contribution in [0.3, 0.4) is 0 Å². The highest BCUT2D eigenvalue weighted by Crippen LogP contribution is 2.24. The summed E-state index contributed by atoms with van der Waals surface area (Å²) < 4.78 is 0. The average molecular weight is 287 g/mol. The van der Waals surface area contributed by atoms with Gasteiger partial charge in [-0.15, -0.1) is 0 Å². The second kappa shape index (κ2) is 4.33. The third kappa shape index (κ3) is 1.84. The molecule has 82 valence electrons. The quantitative estimate of drug-likeness (QED) is 0.730. The number of nitrogens with zero attached hydrogens (tertiary/aromatic N) is 2. The molecule has 16 heavy (non-hydrogen) atoms. The Labute approximate surface area is 115 Å². The molecule has 0 radical (unpaired) electrons. The van der Waals surface area contributed by atoms with Gasteiger partial charge in [0.15, 0.2) is 5.11 Å². The predicted molar refractivity (Wildman–Crippen MR) is 79.5 cm³/mol. The smallest absolute Gasteiger partial charge is 0.186 e. The zero-order valence-corrected chi connectivity index (χ0v) is 11.5. The van der Waals surface area contributed by atoms with Gasteiger partial charge in [-0.1, -0.05) is 36.0 Å². The van der Waals surface area contributed by atoms with Gasteiger partial charge in [-0.3, -0.25) is 4.90 Å². The Kier molecular flexibility index (Phi) is 3.21. The molecule has 1 aliphatic rings. The third-order valence-corrected chi connectivity index (χ3v) is 3.93. The van der Waals surface area contributed by atoms with Crippen LogP contribution in [0.15, 0.2) is 24.3 Å². The summed E-state index contributed by atoms with van der Waals surface area (Å²) in [6.07, 6.45) is 0. The minimum Gasteiger partial charge on any atom is -0.310 e. The molecule has 1 saturated heterocycles. The van der Waals surface area contributed by atoms with Gasteiger partial charge < -0.3 is 4.90 Å². The van der Waals surface area contributed by atoms with E-state index in [9.17, 15) is 0 Å². The van der Waals surface area contributed by atoms with Gasteiger partial charge in [0.2, 0.25) is 0 Å². The van der Waals surface area contributed by atoms with Crippen LogP contribution in [0.2, 0.25) is 5.02 Å². The normalized spacial score (nSPS) is 16.2. The first kappa shape index (κ1) is 11.9. The minimum absolute atomic E-state index is 0.560. The van der Waals surface area contributed by atoms with Crippen molar-refractivity contribution in [1.29, 1.82) is 0 Å². The lowest BCUT2D eigenvalue weighted by Crippen LogP contribution is -2.30. The van der Waals surface area contributed by atoms with Gasteiger partial charge in [0.1, 0.15) is 9.98 Å². The van der Waals surface area contributed by atoms with Crippen molar-refractivity contribution in [3.05, 3.63) is 29.3 Å². The van der Waals surface area contributed by atoms with Crippen LogP contribution < -0.4 is 4.90 Å². The van der Waals surface area contributed by atoms with Crippen molar-refractivity contribution < 1.29 is 0 Å². The summed E-state index contributed by atoms with van der Waals surface area (Å²) in [5, 5.41) is 1.27. The molecule has 0 amide bonds. The molecule has 0 atom stereocenters. The van der Waals surface area contributed by atoms with E-state index in [1.165, 1.54) is 0 Å². The maximum Gasteiger partial charge on any atom is 0.186 e. The topological polar surface area (TPSA) is 6.48 Å². The second-order valence-corrected chi connectivity index (χ2v) is 4.84. The second-order valence-electron chi connectivity index (χ2n) is 3.26. The molecule has 0 N–H and O–H groups in total. The Morgan fingerprint density at radius 1 is 1.00 bits per heavy atom. The lowest BCUT2D eigenvalue weighted by Gasteiger charge is -2.17. The molecule has 0 aromatic heterocycles. The van der Waals surface area contributed by atoms with Gasteiger partial charge in [0, 0.05) is 17.8 Å². The molecule has 2 nitrogen and oxygen atoms in total. The molecule has 0 spiro atoms. The summed E-state index contributed by atoms with van der Waals surface area (Å²) in [5.41, 5.74) is 0.881. The molecule has 1 fully saturated rings. The monoisotopic (exact) mass is 286 g/mol. The van der Waals surface area contributed by atoms with E-state index in [1.807, 2.05) is 19.2 Å². The van der Waals surface area contributed by atoms with Crippen molar-refractivity contribution in [3.63, 3.8) is 0 Å². The number of halogens is 1. The van der Waals surface area contributed by atoms with Gasteiger partial charge in [0.05, 0.1) is 0 Å². The van der Waals surface area contributed by atoms with E-state index >= 15 is 0 Å². The van der Waals surface area contributed by atoms with Crippen LogP contribution in [0.25, 0.3) is 0 Å². The predicted octanol–water partition coefficient (Wildman–Crippen LogP) is 3.03. The van der Waals surface area contributed by atoms with Crippen LogP contribution in [0, 0.1) is 0 Å². The largest absolute Gasteiger partial charge is 0.310 e. The van der Waals surface area contributed by atoms with Crippen molar-refractivity contribution in [1.82, 2.24) is 4.90 Å². The van der Waals surface area contributed by atoms with E-state index in [-0.39, 0.29) is 0 Å². The highest BCUT2D eigenvalue weighted by Gasteiger charge is 2.33. The van der Waals surface area contributed by atoms with Crippen molar-refractivity contribution in [2.45, 2.75) is 0 Å². The number of likely N-dealkylation sites (N-methyl/N-ethyl adjacent to an activating group) is 1. The van der Waals surface area contributed by atoms with E-state index < -0.39 is 0 Å². The van der Waals surface area contributed by atoms with Gasteiger partial charge in [-0.05, 0) is 36.5 Å². The fourth-order valence-electron chi connectivity index (χ4n) is 1.38.